The molecule has 0 aliphatic heterocycles. The van der Waals surface area contributed by atoms with Gasteiger partial charge in [-0.15, -0.1) is 0 Å². The Morgan fingerprint density at radius 2 is 1.92 bits per heavy atom. The van der Waals surface area contributed by atoms with Gasteiger partial charge >= 0.3 is 79.5 Å². The molecule has 0 amide bonds. The number of aldehydes is 1. The van der Waals surface area contributed by atoms with Crippen molar-refractivity contribution in [3.8, 4) is 0 Å². The first-order valence-electron chi connectivity index (χ1n) is 3.13. The van der Waals surface area contributed by atoms with E-state index in [1.807, 2.05) is 0 Å². The number of carbonyl (C=O) groups excluding carboxylic acids is 4. The minimum absolute atomic E-state index is 0.271. The van der Waals surface area contributed by atoms with E-state index in [1.165, 1.54) is 6.92 Å². The average Bonchev–Trinajstić information content (AvgIpc) is 1.85. The van der Waals surface area contributed by atoms with Crippen molar-refractivity contribution in [2.75, 3.05) is 0 Å². The molecule has 0 fully saturated rings. The van der Waals surface area contributed by atoms with Crippen molar-refractivity contribution in [1.82, 2.24) is 0 Å². The standard InChI is InChI=1S/C7H7O4.Ir/c1-5(10)2-7(11)6(3-8)4-9;/h3,6H,2H2,1H3;. The van der Waals surface area contributed by atoms with E-state index in [-0.39, 0.29) is 18.5 Å². The molecule has 0 aromatic heterocycles. The van der Waals surface area contributed by atoms with Crippen molar-refractivity contribution >= 4 is 22.1 Å². The van der Waals surface area contributed by atoms with Gasteiger partial charge in [-0.25, -0.2) is 0 Å². The molecule has 4 nitrogen and oxygen atoms in total. The third kappa shape index (κ3) is 3.64. The Morgan fingerprint density at radius 1 is 1.42 bits per heavy atom. The van der Waals surface area contributed by atoms with Gasteiger partial charge in [-0.05, 0) is 0 Å². The zero-order chi connectivity index (χ0) is 9.72. The SMILES string of the molecule is CC(=O)CC(=O)C(C=O)[C](=O)[Ir]. The van der Waals surface area contributed by atoms with Gasteiger partial charge in [0, 0.05) is 0 Å². The van der Waals surface area contributed by atoms with Gasteiger partial charge in [0.2, 0.25) is 0 Å². The maximum atomic E-state index is 11.0. The van der Waals surface area contributed by atoms with Gasteiger partial charge < -0.3 is 0 Å². The monoisotopic (exact) mass is 348 g/mol. The maximum absolute atomic E-state index is 11.0. The van der Waals surface area contributed by atoms with Crippen LogP contribution in [0.1, 0.15) is 13.3 Å². The fraction of sp³-hybridized carbons (Fsp3) is 0.429. The third-order valence-corrected chi connectivity index (χ3v) is 1.88. The molecule has 0 saturated heterocycles. The summed E-state index contributed by atoms with van der Waals surface area (Å²) in [7, 11) is 0. The predicted octanol–water partition coefficient (Wildman–Crippen LogP) is -0.577. The van der Waals surface area contributed by atoms with Crippen LogP contribution in [0.25, 0.3) is 0 Å². The third-order valence-electron chi connectivity index (χ3n) is 1.14. The molecule has 0 aromatic carbocycles. The zero-order valence-electron chi connectivity index (χ0n) is 6.33. The molecule has 0 bridgehead atoms. The van der Waals surface area contributed by atoms with Crippen LogP contribution in [0.3, 0.4) is 0 Å². The van der Waals surface area contributed by atoms with Gasteiger partial charge in [0.05, 0.1) is 0 Å². The summed E-state index contributed by atoms with van der Waals surface area (Å²) in [6.45, 7) is 1.24. The van der Waals surface area contributed by atoms with Crippen LogP contribution in [0, 0.1) is 5.92 Å². The molecule has 0 N–H and O–H groups in total. The van der Waals surface area contributed by atoms with Crippen LogP contribution in [0.4, 0.5) is 0 Å². The van der Waals surface area contributed by atoms with Gasteiger partial charge in [0.25, 0.3) is 0 Å². The van der Waals surface area contributed by atoms with Crippen LogP contribution in [-0.2, 0) is 38.1 Å². The van der Waals surface area contributed by atoms with E-state index in [0.717, 1.165) is 18.9 Å². The number of hydrogen-bond acceptors (Lipinski definition) is 4. The molecule has 0 aliphatic rings. The normalized spacial score (nSPS) is 11.9. The number of Topliss-reactive ketones (excluding diaryl/α,β-unsaturated/α-hetero) is 2. The fourth-order valence-electron chi connectivity index (χ4n) is 0.601. The van der Waals surface area contributed by atoms with Crippen LogP contribution in [-0.4, -0.2) is 22.1 Å². The molecule has 1 unspecified atom stereocenters. The Morgan fingerprint density at radius 3 is 2.17 bits per heavy atom. The summed E-state index contributed by atoms with van der Waals surface area (Å²) in [5.41, 5.74) is 0. The van der Waals surface area contributed by atoms with Crippen LogP contribution in [0.15, 0.2) is 0 Å². The van der Waals surface area contributed by atoms with Gasteiger partial charge in [-0.1, -0.05) is 0 Å². The predicted molar refractivity (Wildman–Crippen MR) is 34.9 cm³/mol. The van der Waals surface area contributed by atoms with Crippen LogP contribution < -0.4 is 0 Å². The molecular formula is C7H7IrO4. The van der Waals surface area contributed by atoms with Crippen molar-refractivity contribution in [3.05, 3.63) is 0 Å². The minimum atomic E-state index is -1.26. The summed E-state index contributed by atoms with van der Waals surface area (Å²) in [6, 6.07) is 0. The number of rotatable bonds is 5. The first-order chi connectivity index (χ1) is 5.49. The molecule has 0 rings (SSSR count). The average molecular weight is 347 g/mol. The summed E-state index contributed by atoms with van der Waals surface area (Å²) in [5.74, 6) is -2.22. The fourth-order valence-corrected chi connectivity index (χ4v) is 1.15. The van der Waals surface area contributed by atoms with Gasteiger partial charge in [0.1, 0.15) is 0 Å². The van der Waals surface area contributed by atoms with Crippen LogP contribution >= 0.6 is 0 Å². The molecule has 0 spiro atoms. The number of ketones is 2. The molecule has 68 valence electrons. The molecular weight excluding hydrogens is 340 g/mol. The Balaban J connectivity index is 4.32. The van der Waals surface area contributed by atoms with E-state index >= 15 is 0 Å². The molecule has 1 atom stereocenters. The van der Waals surface area contributed by atoms with Crippen molar-refractivity contribution in [3.63, 3.8) is 0 Å². The Bertz CT molecular complexity index is 234. The zero-order valence-corrected chi connectivity index (χ0v) is 8.72. The summed E-state index contributed by atoms with van der Waals surface area (Å²) >= 11 is 1.15. The second-order valence-corrected chi connectivity index (χ2v) is 3.42. The van der Waals surface area contributed by atoms with Crippen molar-refractivity contribution in [2.45, 2.75) is 13.3 Å². The summed E-state index contributed by atoms with van der Waals surface area (Å²) in [5, 5.41) is 0. The molecule has 5 heteroatoms. The first kappa shape index (κ1) is 11.3. The van der Waals surface area contributed by atoms with E-state index in [4.69, 9.17) is 0 Å². The molecule has 0 aliphatic carbocycles. The first-order valence-corrected chi connectivity index (χ1v) is 4.33. The van der Waals surface area contributed by atoms with Crippen LogP contribution in [0.5, 0.6) is 0 Å². The van der Waals surface area contributed by atoms with Crippen LogP contribution in [0.2, 0.25) is 0 Å². The Labute approximate surface area is 79.9 Å². The summed E-state index contributed by atoms with van der Waals surface area (Å²) in [6.07, 6.45) is -0.0728. The quantitative estimate of drug-likeness (QED) is 0.493. The van der Waals surface area contributed by atoms with E-state index < -0.39 is 16.0 Å². The molecule has 0 heterocycles. The van der Waals surface area contributed by atoms with Crippen molar-refractivity contribution in [1.29, 1.82) is 0 Å². The Kier molecular flexibility index (Phi) is 4.78. The van der Waals surface area contributed by atoms with Crippen molar-refractivity contribution in [2.24, 2.45) is 5.92 Å². The van der Waals surface area contributed by atoms with Gasteiger partial charge in [0.15, 0.2) is 0 Å². The van der Waals surface area contributed by atoms with E-state index in [9.17, 15) is 19.2 Å². The van der Waals surface area contributed by atoms with Crippen molar-refractivity contribution < 1.29 is 38.1 Å². The Hall–Kier alpha value is -0.671. The molecule has 0 aromatic rings. The number of carbonyl (C=O) groups is 4. The molecule has 0 radical (unpaired) electrons. The molecule has 12 heavy (non-hydrogen) atoms. The second-order valence-electron chi connectivity index (χ2n) is 2.24. The molecule has 0 saturated carbocycles. The second kappa shape index (κ2) is 5.06. The summed E-state index contributed by atoms with van der Waals surface area (Å²) < 4.78 is -0.517. The van der Waals surface area contributed by atoms with E-state index in [1.54, 1.807) is 0 Å². The van der Waals surface area contributed by atoms with E-state index in [2.05, 4.69) is 0 Å². The van der Waals surface area contributed by atoms with Gasteiger partial charge in [-0.3, -0.25) is 0 Å². The number of hydrogen-bond donors (Lipinski definition) is 0. The summed E-state index contributed by atoms with van der Waals surface area (Å²) in [4.78, 5) is 42.3. The topological polar surface area (TPSA) is 68.3 Å². The van der Waals surface area contributed by atoms with E-state index in [0.29, 0.717) is 0 Å². The van der Waals surface area contributed by atoms with Gasteiger partial charge in [-0.2, -0.15) is 0 Å².